The minimum Gasteiger partial charge on any atom is -0.342 e. The van der Waals surface area contributed by atoms with Crippen LogP contribution in [0.2, 0.25) is 0 Å². The Labute approximate surface area is 166 Å². The number of likely N-dealkylation sites (tertiary alicyclic amines) is 1. The second-order valence-corrected chi connectivity index (χ2v) is 7.54. The van der Waals surface area contributed by atoms with Gasteiger partial charge >= 0.3 is 0 Å². The quantitative estimate of drug-likeness (QED) is 0.876. The Morgan fingerprint density at radius 3 is 2.74 bits per heavy atom. The van der Waals surface area contributed by atoms with Gasteiger partial charge in [0.1, 0.15) is 11.6 Å². The van der Waals surface area contributed by atoms with Gasteiger partial charge in [0.05, 0.1) is 12.5 Å². The van der Waals surface area contributed by atoms with Gasteiger partial charge in [0.15, 0.2) is 0 Å². The van der Waals surface area contributed by atoms with Crippen molar-refractivity contribution < 1.29 is 4.79 Å². The van der Waals surface area contributed by atoms with E-state index in [9.17, 15) is 4.79 Å². The molecule has 3 heterocycles. The Kier molecular flexibility index (Phi) is 6.17. The zero-order valence-corrected chi connectivity index (χ0v) is 16.8. The number of halogens is 1. The molecule has 1 N–H and O–H groups in total. The van der Waals surface area contributed by atoms with E-state index >= 15 is 0 Å². The number of carbonyl (C=O) groups is 1. The van der Waals surface area contributed by atoms with Crippen molar-refractivity contribution in [2.45, 2.75) is 51.6 Å². The van der Waals surface area contributed by atoms with E-state index in [0.717, 1.165) is 62.8 Å². The highest BCUT2D eigenvalue weighted by molar-refractivity contribution is 5.85. The highest BCUT2D eigenvalue weighted by Crippen LogP contribution is 2.29. The van der Waals surface area contributed by atoms with Crippen LogP contribution in [0.3, 0.4) is 0 Å². The zero-order valence-electron chi connectivity index (χ0n) is 16.0. The number of aryl methyl sites for hydroxylation is 1. The maximum atomic E-state index is 12.9. The van der Waals surface area contributed by atoms with E-state index in [4.69, 9.17) is 0 Å². The molecule has 1 saturated heterocycles. The minimum atomic E-state index is -0.0848. The van der Waals surface area contributed by atoms with Crippen LogP contribution < -0.4 is 5.32 Å². The fraction of sp³-hybridized carbons (Fsp3) is 0.550. The molecule has 2 aliphatic rings. The number of nitrogens with one attached hydrogen (secondary N) is 1. The van der Waals surface area contributed by atoms with Crippen LogP contribution in [0, 0.1) is 6.92 Å². The summed E-state index contributed by atoms with van der Waals surface area (Å²) in [5.41, 5.74) is 2.31. The second-order valence-electron chi connectivity index (χ2n) is 7.54. The van der Waals surface area contributed by atoms with Crippen molar-refractivity contribution in [3.63, 3.8) is 0 Å². The number of hydrogen-bond acceptors (Lipinski definition) is 4. The monoisotopic (exact) mass is 389 g/mol. The Morgan fingerprint density at radius 1 is 1.22 bits per heavy atom. The van der Waals surface area contributed by atoms with Crippen molar-refractivity contribution in [3.05, 3.63) is 47.0 Å². The first-order valence-corrected chi connectivity index (χ1v) is 9.61. The van der Waals surface area contributed by atoms with Gasteiger partial charge in [-0.05, 0) is 32.3 Å². The van der Waals surface area contributed by atoms with Gasteiger partial charge in [-0.3, -0.25) is 4.79 Å². The number of fused-ring (bicyclic) bond motifs is 1. The molecule has 1 amide bonds. The molecule has 0 saturated carbocycles. The molecule has 2 aliphatic heterocycles. The van der Waals surface area contributed by atoms with Crippen LogP contribution in [0.4, 0.5) is 0 Å². The van der Waals surface area contributed by atoms with Gasteiger partial charge in [-0.25, -0.2) is 0 Å². The summed E-state index contributed by atoms with van der Waals surface area (Å²) in [5.74, 6) is 2.71. The average Bonchev–Trinajstić information content (AvgIpc) is 3.11. The molecule has 1 atom stereocenters. The first-order valence-electron chi connectivity index (χ1n) is 9.61. The van der Waals surface area contributed by atoms with Crippen molar-refractivity contribution in [3.8, 4) is 0 Å². The van der Waals surface area contributed by atoms with Gasteiger partial charge in [-0.1, -0.05) is 29.8 Å². The Bertz CT molecular complexity index is 797. The molecule has 7 heteroatoms. The molecule has 27 heavy (non-hydrogen) atoms. The van der Waals surface area contributed by atoms with E-state index in [-0.39, 0.29) is 24.2 Å². The molecule has 1 fully saturated rings. The number of nitrogens with zero attached hydrogens (tertiary/aromatic N) is 4. The molecule has 0 bridgehead atoms. The van der Waals surface area contributed by atoms with Crippen LogP contribution in [0.15, 0.2) is 24.3 Å². The molecule has 1 aromatic heterocycles. The van der Waals surface area contributed by atoms with Crippen molar-refractivity contribution >= 4 is 18.3 Å². The predicted molar refractivity (Wildman–Crippen MR) is 107 cm³/mol. The molecule has 0 aliphatic carbocycles. The standard InChI is InChI=1S/C20H27N5O.ClH/c1-14-4-3-5-17(12-14)15(2)20(26)24-9-6-16(7-10-24)19-23-22-18-13-21-8-11-25(18)19;/h3-5,12,15-16,21H,6-11,13H2,1-2H3;1H. The van der Waals surface area contributed by atoms with Gasteiger partial charge in [0.25, 0.3) is 0 Å². The largest absolute Gasteiger partial charge is 0.342 e. The van der Waals surface area contributed by atoms with Crippen molar-refractivity contribution in [2.75, 3.05) is 19.6 Å². The van der Waals surface area contributed by atoms with E-state index in [2.05, 4.69) is 45.2 Å². The molecule has 6 nitrogen and oxygen atoms in total. The Balaban J connectivity index is 0.00000210. The summed E-state index contributed by atoms with van der Waals surface area (Å²) in [7, 11) is 0. The molecule has 4 rings (SSSR count). The maximum absolute atomic E-state index is 12.9. The number of benzene rings is 1. The van der Waals surface area contributed by atoms with Gasteiger partial charge in [-0.15, -0.1) is 22.6 Å². The summed E-state index contributed by atoms with van der Waals surface area (Å²) in [6, 6.07) is 8.27. The molecule has 1 aromatic carbocycles. The third-order valence-electron chi connectivity index (χ3n) is 5.74. The Hall–Kier alpha value is -1.92. The predicted octanol–water partition coefficient (Wildman–Crippen LogP) is 2.62. The number of hydrogen-bond donors (Lipinski definition) is 1. The normalized spacial score (nSPS) is 18.5. The molecule has 1 unspecified atom stereocenters. The van der Waals surface area contributed by atoms with Gasteiger partial charge in [0.2, 0.25) is 5.91 Å². The topological polar surface area (TPSA) is 63.1 Å². The third-order valence-corrected chi connectivity index (χ3v) is 5.74. The minimum absolute atomic E-state index is 0. The summed E-state index contributed by atoms with van der Waals surface area (Å²) in [4.78, 5) is 14.9. The molecular formula is C20H28ClN5O. The van der Waals surface area contributed by atoms with Gasteiger partial charge < -0.3 is 14.8 Å². The van der Waals surface area contributed by atoms with E-state index in [1.54, 1.807) is 0 Å². The lowest BCUT2D eigenvalue weighted by atomic mass is 9.93. The lowest BCUT2D eigenvalue weighted by Crippen LogP contribution is -2.40. The summed E-state index contributed by atoms with van der Waals surface area (Å²) in [6.45, 7) is 8.43. The highest BCUT2D eigenvalue weighted by atomic mass is 35.5. The van der Waals surface area contributed by atoms with Crippen LogP contribution in [0.25, 0.3) is 0 Å². The van der Waals surface area contributed by atoms with Crippen LogP contribution >= 0.6 is 12.4 Å². The molecular weight excluding hydrogens is 362 g/mol. The fourth-order valence-electron chi connectivity index (χ4n) is 4.13. The lowest BCUT2D eigenvalue weighted by molar-refractivity contribution is -0.133. The second kappa shape index (κ2) is 8.40. The Morgan fingerprint density at radius 2 is 2.00 bits per heavy atom. The van der Waals surface area contributed by atoms with Crippen LogP contribution in [0.5, 0.6) is 0 Å². The van der Waals surface area contributed by atoms with Crippen molar-refractivity contribution in [1.29, 1.82) is 0 Å². The number of rotatable bonds is 3. The lowest BCUT2D eigenvalue weighted by Gasteiger charge is -2.33. The average molecular weight is 390 g/mol. The highest BCUT2D eigenvalue weighted by Gasteiger charge is 2.30. The summed E-state index contributed by atoms with van der Waals surface area (Å²) in [6.07, 6.45) is 1.94. The summed E-state index contributed by atoms with van der Waals surface area (Å²) in [5, 5.41) is 12.1. The van der Waals surface area contributed by atoms with E-state index in [1.165, 1.54) is 5.56 Å². The van der Waals surface area contributed by atoms with Gasteiger partial charge in [0, 0.05) is 32.1 Å². The van der Waals surface area contributed by atoms with Crippen LogP contribution in [-0.4, -0.2) is 45.2 Å². The smallest absolute Gasteiger partial charge is 0.229 e. The van der Waals surface area contributed by atoms with E-state index < -0.39 is 0 Å². The van der Waals surface area contributed by atoms with Crippen LogP contribution in [-0.2, 0) is 17.9 Å². The number of piperidine rings is 1. The summed E-state index contributed by atoms with van der Waals surface area (Å²) < 4.78 is 2.27. The van der Waals surface area contributed by atoms with Crippen LogP contribution in [0.1, 0.15) is 54.4 Å². The molecule has 146 valence electrons. The number of amides is 1. The summed E-state index contributed by atoms with van der Waals surface area (Å²) >= 11 is 0. The van der Waals surface area contributed by atoms with E-state index in [0.29, 0.717) is 5.92 Å². The number of carbonyl (C=O) groups excluding carboxylic acids is 1. The van der Waals surface area contributed by atoms with Crippen molar-refractivity contribution in [1.82, 2.24) is 25.0 Å². The van der Waals surface area contributed by atoms with E-state index in [1.807, 2.05) is 17.9 Å². The maximum Gasteiger partial charge on any atom is 0.229 e. The molecule has 0 radical (unpaired) electrons. The fourth-order valence-corrected chi connectivity index (χ4v) is 4.13. The third kappa shape index (κ3) is 4.01. The van der Waals surface area contributed by atoms with Gasteiger partial charge in [-0.2, -0.15) is 0 Å². The molecule has 0 spiro atoms. The van der Waals surface area contributed by atoms with Crippen molar-refractivity contribution in [2.24, 2.45) is 0 Å². The number of aromatic nitrogens is 3. The first kappa shape index (κ1) is 19.8. The first-order chi connectivity index (χ1) is 12.6. The molecule has 2 aromatic rings. The SMILES string of the molecule is Cc1cccc(C(C)C(=O)N2CCC(c3nnc4n3CCNC4)CC2)c1.Cl. The zero-order chi connectivity index (χ0) is 18.1.